The maximum Gasteiger partial charge on any atom is 0.328 e. The number of hydrogen-bond donors (Lipinski definition) is 1. The van der Waals surface area contributed by atoms with Gasteiger partial charge in [0.25, 0.3) is 0 Å². The molecule has 1 rings (SSSR count). The maximum atomic E-state index is 10.4. The zero-order chi connectivity index (χ0) is 16.6. The van der Waals surface area contributed by atoms with E-state index < -0.39 is 5.97 Å². The van der Waals surface area contributed by atoms with Gasteiger partial charge in [0, 0.05) is 12.0 Å². The number of carboxylic acids is 1. The van der Waals surface area contributed by atoms with Gasteiger partial charge in [-0.1, -0.05) is 62.5 Å². The van der Waals surface area contributed by atoms with Crippen molar-refractivity contribution >= 4 is 5.97 Å². The summed E-state index contributed by atoms with van der Waals surface area (Å²) in [6.07, 6.45) is 17.8. The fraction of sp³-hybridized carbons (Fsp3) is 0.450. The number of carboxylic acid groups (broad SMARTS) is 1. The highest BCUT2D eigenvalue weighted by Gasteiger charge is 2.23. The molecule has 0 spiro atoms. The largest absolute Gasteiger partial charge is 0.478 e. The van der Waals surface area contributed by atoms with Crippen LogP contribution in [0.5, 0.6) is 0 Å². The van der Waals surface area contributed by atoms with Crippen molar-refractivity contribution in [2.75, 3.05) is 0 Å². The van der Waals surface area contributed by atoms with Crippen LogP contribution >= 0.6 is 0 Å². The number of rotatable bonds is 7. The smallest absolute Gasteiger partial charge is 0.328 e. The molecular weight excluding hydrogens is 272 g/mol. The molecule has 22 heavy (non-hydrogen) atoms. The van der Waals surface area contributed by atoms with Crippen molar-refractivity contribution in [3.63, 3.8) is 0 Å². The third-order valence-electron chi connectivity index (χ3n) is 4.17. The van der Waals surface area contributed by atoms with Crippen LogP contribution in [0.3, 0.4) is 0 Å². The van der Waals surface area contributed by atoms with Gasteiger partial charge in [-0.15, -0.1) is 0 Å². The molecule has 0 heterocycles. The number of allylic oxidation sites excluding steroid dienone is 8. The summed E-state index contributed by atoms with van der Waals surface area (Å²) in [7, 11) is 0. The Kier molecular flexibility index (Phi) is 7.10. The van der Waals surface area contributed by atoms with E-state index in [0.29, 0.717) is 0 Å². The van der Waals surface area contributed by atoms with E-state index in [-0.39, 0.29) is 11.3 Å². The van der Waals surface area contributed by atoms with Crippen molar-refractivity contribution in [2.45, 2.75) is 46.5 Å². The van der Waals surface area contributed by atoms with Crippen LogP contribution in [0.25, 0.3) is 0 Å². The van der Waals surface area contributed by atoms with Crippen molar-refractivity contribution in [3.8, 4) is 0 Å². The van der Waals surface area contributed by atoms with E-state index >= 15 is 0 Å². The van der Waals surface area contributed by atoms with E-state index in [1.807, 2.05) is 13.0 Å². The second kappa shape index (κ2) is 8.57. The van der Waals surface area contributed by atoms with Gasteiger partial charge in [-0.05, 0) is 43.6 Å². The predicted molar refractivity (Wildman–Crippen MR) is 93.7 cm³/mol. The van der Waals surface area contributed by atoms with E-state index in [1.165, 1.54) is 24.8 Å². The molecule has 1 unspecified atom stereocenters. The topological polar surface area (TPSA) is 37.3 Å². The summed E-state index contributed by atoms with van der Waals surface area (Å²) in [6.45, 7) is 10.7. The summed E-state index contributed by atoms with van der Waals surface area (Å²) in [5.41, 5.74) is 2.80. The second-order valence-corrected chi connectivity index (χ2v) is 6.61. The molecule has 0 aromatic heterocycles. The standard InChI is InChI=1S/C20H28O2/c1-16(2)17(10-6-5-7-12-19(21)22)13-14-18-11-8-9-15-20(18,3)4/h5-7,11-14,17H,1,8-10,15H2,2-4H3,(H,21,22)/b6-5+,12-7+,14-13+. The van der Waals surface area contributed by atoms with Gasteiger partial charge < -0.3 is 5.11 Å². The average Bonchev–Trinajstić information content (AvgIpc) is 2.42. The molecule has 0 radical (unpaired) electrons. The lowest BCUT2D eigenvalue weighted by atomic mass is 9.75. The lowest BCUT2D eigenvalue weighted by Gasteiger charge is -2.30. The Bertz CT molecular complexity index is 516. The van der Waals surface area contributed by atoms with Gasteiger partial charge in [0.1, 0.15) is 0 Å². The van der Waals surface area contributed by atoms with Crippen LogP contribution in [0.15, 0.2) is 60.3 Å². The molecule has 0 bridgehead atoms. The van der Waals surface area contributed by atoms with Crippen LogP contribution < -0.4 is 0 Å². The first-order valence-electron chi connectivity index (χ1n) is 7.93. The number of aliphatic carboxylic acids is 1. The summed E-state index contributed by atoms with van der Waals surface area (Å²) in [4.78, 5) is 10.4. The van der Waals surface area contributed by atoms with Crippen molar-refractivity contribution in [1.82, 2.24) is 0 Å². The summed E-state index contributed by atoms with van der Waals surface area (Å²) >= 11 is 0. The van der Waals surface area contributed by atoms with Crippen LogP contribution in [-0.4, -0.2) is 11.1 Å². The Hall–Kier alpha value is -1.83. The molecule has 120 valence electrons. The van der Waals surface area contributed by atoms with Crippen LogP contribution in [-0.2, 0) is 4.79 Å². The molecule has 1 aliphatic carbocycles. The highest BCUT2D eigenvalue weighted by molar-refractivity contribution is 5.80. The summed E-state index contributed by atoms with van der Waals surface area (Å²) < 4.78 is 0. The Morgan fingerprint density at radius 2 is 2.18 bits per heavy atom. The van der Waals surface area contributed by atoms with Gasteiger partial charge in [-0.25, -0.2) is 4.79 Å². The van der Waals surface area contributed by atoms with Crippen molar-refractivity contribution < 1.29 is 9.90 Å². The first-order valence-corrected chi connectivity index (χ1v) is 7.93. The molecule has 1 atom stereocenters. The molecule has 2 heteroatoms. The minimum absolute atomic E-state index is 0.258. The summed E-state index contributed by atoms with van der Waals surface area (Å²) in [5, 5.41) is 8.54. The molecule has 0 amide bonds. The second-order valence-electron chi connectivity index (χ2n) is 6.61. The van der Waals surface area contributed by atoms with Crippen molar-refractivity contribution in [2.24, 2.45) is 11.3 Å². The quantitative estimate of drug-likeness (QED) is 0.385. The normalized spacial score (nSPS) is 19.7. The minimum Gasteiger partial charge on any atom is -0.478 e. The van der Waals surface area contributed by atoms with E-state index in [9.17, 15) is 4.79 Å². The van der Waals surface area contributed by atoms with Gasteiger partial charge >= 0.3 is 5.97 Å². The third-order valence-corrected chi connectivity index (χ3v) is 4.17. The highest BCUT2D eigenvalue weighted by Crippen LogP contribution is 2.37. The molecule has 1 aliphatic rings. The lowest BCUT2D eigenvalue weighted by molar-refractivity contribution is -0.131. The SMILES string of the molecule is C=C(C)C(/C=C/C1=CCCCC1(C)C)C/C=C/C=C/C(=O)O. The zero-order valence-electron chi connectivity index (χ0n) is 14.0. The van der Waals surface area contributed by atoms with E-state index in [0.717, 1.165) is 18.1 Å². The highest BCUT2D eigenvalue weighted by atomic mass is 16.4. The van der Waals surface area contributed by atoms with E-state index in [1.54, 1.807) is 12.2 Å². The third kappa shape index (κ3) is 6.30. The van der Waals surface area contributed by atoms with Gasteiger partial charge in [0.05, 0.1) is 0 Å². The average molecular weight is 300 g/mol. The van der Waals surface area contributed by atoms with Crippen LogP contribution in [0.4, 0.5) is 0 Å². The Morgan fingerprint density at radius 3 is 2.77 bits per heavy atom. The molecule has 0 aromatic rings. The Morgan fingerprint density at radius 1 is 1.45 bits per heavy atom. The lowest BCUT2D eigenvalue weighted by Crippen LogP contribution is -2.16. The Labute approximate surface area is 134 Å². The van der Waals surface area contributed by atoms with Gasteiger partial charge in [0.15, 0.2) is 0 Å². The van der Waals surface area contributed by atoms with Crippen molar-refractivity contribution in [1.29, 1.82) is 0 Å². The maximum absolute atomic E-state index is 10.4. The summed E-state index contributed by atoms with van der Waals surface area (Å²) in [6, 6.07) is 0. The summed E-state index contributed by atoms with van der Waals surface area (Å²) in [5.74, 6) is -0.638. The number of hydrogen-bond acceptors (Lipinski definition) is 1. The van der Waals surface area contributed by atoms with Gasteiger partial charge in [0.2, 0.25) is 0 Å². The molecule has 0 aliphatic heterocycles. The molecule has 1 N–H and O–H groups in total. The molecule has 2 nitrogen and oxygen atoms in total. The number of carbonyl (C=O) groups is 1. The van der Waals surface area contributed by atoms with Crippen LogP contribution in [0.2, 0.25) is 0 Å². The molecule has 0 saturated heterocycles. The molecule has 0 fully saturated rings. The van der Waals surface area contributed by atoms with Gasteiger partial charge in [-0.2, -0.15) is 0 Å². The minimum atomic E-state index is -0.924. The van der Waals surface area contributed by atoms with Crippen molar-refractivity contribution in [3.05, 3.63) is 60.3 Å². The fourth-order valence-corrected chi connectivity index (χ4v) is 2.62. The molecular formula is C20H28O2. The monoisotopic (exact) mass is 300 g/mol. The van der Waals surface area contributed by atoms with Gasteiger partial charge in [-0.3, -0.25) is 0 Å². The first kappa shape index (κ1) is 18.2. The molecule has 0 saturated carbocycles. The fourth-order valence-electron chi connectivity index (χ4n) is 2.62. The van der Waals surface area contributed by atoms with Crippen LogP contribution in [0.1, 0.15) is 46.5 Å². The molecule has 0 aromatic carbocycles. The Balaban J connectivity index is 2.68. The van der Waals surface area contributed by atoms with E-state index in [4.69, 9.17) is 5.11 Å². The first-order chi connectivity index (χ1) is 10.3. The zero-order valence-corrected chi connectivity index (χ0v) is 14.0. The van der Waals surface area contributed by atoms with E-state index in [2.05, 4.69) is 38.7 Å². The van der Waals surface area contributed by atoms with Crippen LogP contribution in [0, 0.1) is 11.3 Å². The predicted octanol–water partition coefficient (Wildman–Crippen LogP) is 5.46.